The highest BCUT2D eigenvalue weighted by Gasteiger charge is 2.49. The number of hydrogen-bond acceptors (Lipinski definition) is 4. The zero-order valence-corrected chi connectivity index (χ0v) is 14.5. The van der Waals surface area contributed by atoms with Gasteiger partial charge >= 0.3 is 5.97 Å². The van der Waals surface area contributed by atoms with Gasteiger partial charge in [0.05, 0.1) is 6.04 Å². The Kier molecular flexibility index (Phi) is 5.76. The van der Waals surface area contributed by atoms with E-state index in [4.69, 9.17) is 5.53 Å². The first-order chi connectivity index (χ1) is 9.95. The van der Waals surface area contributed by atoms with Gasteiger partial charge in [-0.05, 0) is 38.2 Å². The van der Waals surface area contributed by atoms with Gasteiger partial charge in [0.25, 0.3) is 0 Å². The van der Waals surface area contributed by atoms with Gasteiger partial charge in [-0.2, -0.15) is 0 Å². The molecule has 2 heterocycles. The fourth-order valence-electron chi connectivity index (χ4n) is 3.18. The van der Waals surface area contributed by atoms with Crippen LogP contribution in [0, 0.1) is 5.92 Å². The van der Waals surface area contributed by atoms with Gasteiger partial charge in [0.2, 0.25) is 5.91 Å². The first kappa shape index (κ1) is 16.9. The molecule has 0 aromatic carbocycles. The lowest BCUT2D eigenvalue weighted by Crippen LogP contribution is -2.59. The van der Waals surface area contributed by atoms with Crippen molar-refractivity contribution in [2.24, 2.45) is 11.0 Å². The molecule has 0 aromatic rings. The topological polar surface area (TPSA) is 118 Å². The zero-order chi connectivity index (χ0) is 15.6. The van der Waals surface area contributed by atoms with Gasteiger partial charge in [-0.3, -0.25) is 9.88 Å². The van der Waals surface area contributed by atoms with Crippen LogP contribution in [0.4, 0.5) is 0 Å². The number of fused-ring (bicyclic) bond motifs is 1. The van der Waals surface area contributed by atoms with Crippen LogP contribution in [0.5, 0.6) is 0 Å². The van der Waals surface area contributed by atoms with Crippen LogP contribution >= 0.6 is 25.3 Å². The highest BCUT2D eigenvalue weighted by Crippen LogP contribution is 2.50. The number of hydrogen-bond donors (Lipinski definition) is 2. The molecule has 2 rings (SSSR count). The Morgan fingerprint density at radius 2 is 2.29 bits per heavy atom. The number of nitrogens with one attached hydrogen (secondary N) is 1. The standard InChI is InChI=1S/C10H18N5O3P3/c11-14-12-4-5-3-6-1-2-7(10(17)18)15(6)9(16)8(5)13-21(19)20/h5-8,13H,1-4,19-20H2,(H,17,18)/t5-,6?,7-,8+/m0/s1. The third kappa shape index (κ3) is 3.64. The number of carboxylic acids is 1. The molecule has 6 atom stereocenters. The second-order valence-corrected chi connectivity index (χ2v) is 11.5. The number of amides is 1. The van der Waals surface area contributed by atoms with Gasteiger partial charge in [0.15, 0.2) is 0 Å². The molecular weight excluding hydrogens is 331 g/mol. The molecule has 2 fully saturated rings. The minimum absolute atomic E-state index is 0.0595. The SMILES string of the molecule is [N-]=[N+]=NC[C@@H]1CC2CC[C@@H](C(=O)O)N2C(=O)[C@@H]1NP(P)P. The molecular formula is C10H18N5O3P3. The first-order valence-electron chi connectivity index (χ1n) is 6.57. The second kappa shape index (κ2) is 7.17. The van der Waals surface area contributed by atoms with E-state index >= 15 is 0 Å². The van der Waals surface area contributed by atoms with E-state index in [1.807, 2.05) is 0 Å². The predicted molar refractivity (Wildman–Crippen MR) is 86.7 cm³/mol. The molecule has 11 heteroatoms. The molecule has 0 saturated carbocycles. The molecule has 2 aliphatic heterocycles. The van der Waals surface area contributed by atoms with E-state index in [1.165, 1.54) is 4.90 Å². The Bertz CT molecular complexity index is 485. The van der Waals surface area contributed by atoms with Crippen LogP contribution in [0.25, 0.3) is 10.4 Å². The predicted octanol–water partition coefficient (Wildman–Crippen LogP) is 1.70. The van der Waals surface area contributed by atoms with E-state index in [1.54, 1.807) is 0 Å². The summed E-state index contributed by atoms with van der Waals surface area (Å²) in [6.07, 6.45) is 1.85. The molecule has 21 heavy (non-hydrogen) atoms. The van der Waals surface area contributed by atoms with Crippen molar-refractivity contribution in [3.05, 3.63) is 10.4 Å². The molecule has 0 aliphatic carbocycles. The largest absolute Gasteiger partial charge is 0.480 e. The summed E-state index contributed by atoms with van der Waals surface area (Å²) in [5, 5.41) is 16.0. The number of piperidine rings is 1. The monoisotopic (exact) mass is 349 g/mol. The first-order valence-corrected chi connectivity index (χ1v) is 11.1. The molecule has 1 amide bonds. The third-order valence-corrected chi connectivity index (χ3v) is 5.49. The molecule has 2 N–H and O–H groups in total. The lowest BCUT2D eigenvalue weighted by atomic mass is 9.87. The van der Waals surface area contributed by atoms with Crippen molar-refractivity contribution in [2.45, 2.75) is 37.4 Å². The Morgan fingerprint density at radius 1 is 1.57 bits per heavy atom. The van der Waals surface area contributed by atoms with Crippen LogP contribution in [-0.2, 0) is 9.59 Å². The fourth-order valence-corrected chi connectivity index (χ4v) is 4.79. The van der Waals surface area contributed by atoms with E-state index < -0.39 is 25.5 Å². The van der Waals surface area contributed by atoms with Crippen LogP contribution in [-0.4, -0.2) is 46.6 Å². The van der Waals surface area contributed by atoms with Gasteiger partial charge in [0, 0.05) is 17.5 Å². The lowest BCUT2D eigenvalue weighted by Gasteiger charge is -2.42. The highest BCUT2D eigenvalue weighted by atomic mass is 32.4. The Hall–Kier alpha value is -0.500. The number of carboxylic acid groups (broad SMARTS) is 1. The Balaban J connectivity index is 2.23. The second-order valence-electron chi connectivity index (χ2n) is 5.25. The smallest absolute Gasteiger partial charge is 0.326 e. The third-order valence-electron chi connectivity index (χ3n) is 4.02. The number of carbonyl (C=O) groups excluding carboxylic acids is 1. The van der Waals surface area contributed by atoms with Gasteiger partial charge in [-0.25, -0.2) is 4.79 Å². The van der Waals surface area contributed by atoms with Crippen molar-refractivity contribution in [2.75, 3.05) is 6.54 Å². The van der Waals surface area contributed by atoms with Crippen LogP contribution in [0.2, 0.25) is 0 Å². The van der Waals surface area contributed by atoms with Gasteiger partial charge in [-0.1, -0.05) is 23.0 Å². The minimum Gasteiger partial charge on any atom is -0.480 e. The fraction of sp³-hybridized carbons (Fsp3) is 0.800. The summed E-state index contributed by atoms with van der Waals surface area (Å²) in [7, 11) is 4.49. The molecule has 0 radical (unpaired) electrons. The maximum absolute atomic E-state index is 12.7. The molecule has 0 aromatic heterocycles. The molecule has 3 unspecified atom stereocenters. The average molecular weight is 349 g/mol. The number of azide groups is 1. The number of aliphatic carboxylic acids is 1. The normalized spacial score (nSPS) is 32.0. The zero-order valence-electron chi connectivity index (χ0n) is 11.3. The molecule has 0 bridgehead atoms. The molecule has 2 aliphatic rings. The van der Waals surface area contributed by atoms with Crippen molar-refractivity contribution < 1.29 is 14.7 Å². The number of carbonyl (C=O) groups is 2. The number of rotatable bonds is 5. The van der Waals surface area contributed by atoms with Crippen molar-refractivity contribution in [3.63, 3.8) is 0 Å². The van der Waals surface area contributed by atoms with E-state index in [-0.39, 0.29) is 24.4 Å². The summed E-state index contributed by atoms with van der Waals surface area (Å²) in [6.45, 7) is 0.250. The van der Waals surface area contributed by atoms with Gasteiger partial charge < -0.3 is 10.0 Å². The Labute approximate surface area is 128 Å². The van der Waals surface area contributed by atoms with Crippen LogP contribution in [0.3, 0.4) is 0 Å². The van der Waals surface area contributed by atoms with Crippen molar-refractivity contribution in [1.29, 1.82) is 0 Å². The van der Waals surface area contributed by atoms with Crippen LogP contribution in [0.1, 0.15) is 19.3 Å². The quantitative estimate of drug-likeness (QED) is 0.340. The summed E-state index contributed by atoms with van der Waals surface area (Å²) in [6, 6.07) is -1.28. The van der Waals surface area contributed by atoms with Crippen molar-refractivity contribution in [1.82, 2.24) is 9.99 Å². The minimum atomic E-state index is -0.947. The molecule has 116 valence electrons. The number of nitrogens with zero attached hydrogens (tertiary/aromatic N) is 4. The summed E-state index contributed by atoms with van der Waals surface area (Å²) >= 11 is 0. The maximum Gasteiger partial charge on any atom is 0.326 e. The van der Waals surface area contributed by atoms with E-state index in [2.05, 4.69) is 33.0 Å². The highest BCUT2D eigenvalue weighted by molar-refractivity contribution is 8.42. The molecule has 0 spiro atoms. The average Bonchev–Trinajstić information content (AvgIpc) is 2.83. The summed E-state index contributed by atoms with van der Waals surface area (Å²) in [5.41, 5.74) is 8.49. The summed E-state index contributed by atoms with van der Waals surface area (Å²) < 4.78 is 0. The van der Waals surface area contributed by atoms with Crippen LogP contribution in [0.15, 0.2) is 5.11 Å². The van der Waals surface area contributed by atoms with Gasteiger partial charge in [-0.15, -0.1) is 0 Å². The summed E-state index contributed by atoms with van der Waals surface area (Å²) in [4.78, 5) is 28.3. The summed E-state index contributed by atoms with van der Waals surface area (Å²) in [5.74, 6) is -1.22. The van der Waals surface area contributed by atoms with E-state index in [0.29, 0.717) is 19.3 Å². The molecule has 2 saturated heterocycles. The van der Waals surface area contributed by atoms with Crippen molar-refractivity contribution >= 4 is 37.2 Å². The Morgan fingerprint density at radius 3 is 2.86 bits per heavy atom. The van der Waals surface area contributed by atoms with Crippen LogP contribution < -0.4 is 5.09 Å². The van der Waals surface area contributed by atoms with Crippen molar-refractivity contribution in [3.8, 4) is 0 Å². The molecule has 8 nitrogen and oxygen atoms in total. The van der Waals surface area contributed by atoms with E-state index in [0.717, 1.165) is 0 Å². The maximum atomic E-state index is 12.7. The van der Waals surface area contributed by atoms with Gasteiger partial charge in [0.1, 0.15) is 6.04 Å². The lowest BCUT2D eigenvalue weighted by molar-refractivity contribution is -0.153. The van der Waals surface area contributed by atoms with E-state index in [9.17, 15) is 14.7 Å².